The van der Waals surface area contributed by atoms with Crippen LogP contribution in [0.2, 0.25) is 0 Å². The van der Waals surface area contributed by atoms with Crippen LogP contribution in [0.3, 0.4) is 0 Å². The van der Waals surface area contributed by atoms with Crippen LogP contribution >= 0.6 is 0 Å². The van der Waals surface area contributed by atoms with E-state index in [0.29, 0.717) is 0 Å². The van der Waals surface area contributed by atoms with Crippen LogP contribution in [0.25, 0.3) is 22.6 Å². The fraction of sp³-hybridized carbons (Fsp3) is 0.222. The van der Waals surface area contributed by atoms with Gasteiger partial charge in [0.05, 0.1) is 6.04 Å². The van der Waals surface area contributed by atoms with Crippen LogP contribution in [0.5, 0.6) is 0 Å². The Balaban J connectivity index is 1.67. The fourth-order valence-electron chi connectivity index (χ4n) is 3.10. The molecular formula is C18H19N5. The van der Waals surface area contributed by atoms with Gasteiger partial charge in [-0.3, -0.25) is 0 Å². The molecule has 4 rings (SSSR count). The maximum atomic E-state index is 4.50. The summed E-state index contributed by atoms with van der Waals surface area (Å²) in [4.78, 5) is 8.92. The zero-order chi connectivity index (χ0) is 15.8. The molecule has 5 nitrogen and oxygen atoms in total. The number of aryl methyl sites for hydroxylation is 1. The Bertz CT molecular complexity index is 943. The van der Waals surface area contributed by atoms with Crippen molar-refractivity contribution in [1.29, 1.82) is 0 Å². The van der Waals surface area contributed by atoms with Crippen LogP contribution in [-0.4, -0.2) is 23.7 Å². The molecule has 0 radical (unpaired) electrons. The summed E-state index contributed by atoms with van der Waals surface area (Å²) >= 11 is 0. The minimum atomic E-state index is 0.278. The van der Waals surface area contributed by atoms with Gasteiger partial charge in [-0.25, -0.2) is 9.97 Å². The van der Waals surface area contributed by atoms with E-state index in [1.54, 1.807) is 6.20 Å². The molecule has 3 aromatic heterocycles. The number of fused-ring (bicyclic) bond motifs is 1. The maximum absolute atomic E-state index is 4.50. The first-order valence-electron chi connectivity index (χ1n) is 7.78. The van der Waals surface area contributed by atoms with Crippen molar-refractivity contribution in [3.8, 4) is 11.6 Å². The van der Waals surface area contributed by atoms with E-state index in [2.05, 4.69) is 62.6 Å². The first kappa shape index (κ1) is 13.8. The smallest absolute Gasteiger partial charge is 0.176 e. The zero-order valence-electron chi connectivity index (χ0n) is 13.3. The molecule has 0 unspecified atom stereocenters. The number of hydrogen-bond acceptors (Lipinski definition) is 2. The van der Waals surface area contributed by atoms with Crippen LogP contribution in [-0.2, 0) is 13.6 Å². The standard InChI is InChI=1S/C18H19N5/c1-14(13-22-10-7-15-5-3-4-6-16(15)22)23-12-9-20-18(23)17-19-8-11-21(17)2/h3-12,14H,13H2,1-2H3/t14-/m0/s1. The van der Waals surface area contributed by atoms with Gasteiger partial charge in [0.1, 0.15) is 0 Å². The van der Waals surface area contributed by atoms with E-state index in [9.17, 15) is 0 Å². The molecule has 5 heteroatoms. The average Bonchev–Trinajstić information content (AvgIpc) is 3.27. The molecule has 0 fully saturated rings. The molecule has 0 amide bonds. The van der Waals surface area contributed by atoms with E-state index < -0.39 is 0 Å². The molecule has 0 aliphatic rings. The van der Waals surface area contributed by atoms with E-state index in [1.807, 2.05) is 30.2 Å². The highest BCUT2D eigenvalue weighted by atomic mass is 15.2. The lowest BCUT2D eigenvalue weighted by Gasteiger charge is -2.18. The summed E-state index contributed by atoms with van der Waals surface area (Å²) in [6.07, 6.45) is 9.77. The minimum absolute atomic E-state index is 0.278. The molecule has 1 aromatic carbocycles. The Morgan fingerprint density at radius 1 is 0.957 bits per heavy atom. The van der Waals surface area contributed by atoms with Gasteiger partial charge in [-0.15, -0.1) is 0 Å². The van der Waals surface area contributed by atoms with Crippen molar-refractivity contribution < 1.29 is 0 Å². The van der Waals surface area contributed by atoms with E-state index in [1.165, 1.54) is 10.9 Å². The number of para-hydroxylation sites is 1. The zero-order valence-corrected chi connectivity index (χ0v) is 13.3. The van der Waals surface area contributed by atoms with Crippen molar-refractivity contribution >= 4 is 10.9 Å². The normalized spacial score (nSPS) is 12.8. The van der Waals surface area contributed by atoms with Gasteiger partial charge in [0.2, 0.25) is 0 Å². The van der Waals surface area contributed by atoms with Crippen LogP contribution in [0.4, 0.5) is 0 Å². The van der Waals surface area contributed by atoms with E-state index in [0.717, 1.165) is 18.2 Å². The molecule has 0 aliphatic heterocycles. The van der Waals surface area contributed by atoms with Gasteiger partial charge in [-0.1, -0.05) is 18.2 Å². The Kier molecular flexibility index (Phi) is 3.26. The number of rotatable bonds is 4. The second-order valence-electron chi connectivity index (χ2n) is 5.90. The van der Waals surface area contributed by atoms with Crippen molar-refractivity contribution in [2.45, 2.75) is 19.5 Å². The van der Waals surface area contributed by atoms with Gasteiger partial charge >= 0.3 is 0 Å². The lowest BCUT2D eigenvalue weighted by molar-refractivity contribution is 0.474. The van der Waals surface area contributed by atoms with Crippen LogP contribution in [0.1, 0.15) is 13.0 Å². The molecule has 0 saturated heterocycles. The number of nitrogens with zero attached hydrogens (tertiary/aromatic N) is 5. The first-order valence-corrected chi connectivity index (χ1v) is 7.78. The molecule has 0 saturated carbocycles. The Labute approximate surface area is 134 Å². The molecule has 0 aliphatic carbocycles. The van der Waals surface area contributed by atoms with Crippen molar-refractivity contribution in [1.82, 2.24) is 23.7 Å². The predicted octanol–water partition coefficient (Wildman–Crippen LogP) is 3.50. The van der Waals surface area contributed by atoms with Gasteiger partial charge < -0.3 is 13.7 Å². The molecule has 1 atom stereocenters. The lowest BCUT2D eigenvalue weighted by atomic mass is 10.2. The van der Waals surface area contributed by atoms with Crippen molar-refractivity contribution in [2.24, 2.45) is 7.05 Å². The third-order valence-electron chi connectivity index (χ3n) is 4.31. The largest absolute Gasteiger partial charge is 0.345 e. The maximum Gasteiger partial charge on any atom is 0.176 e. The number of benzene rings is 1. The first-order chi connectivity index (χ1) is 11.2. The second-order valence-corrected chi connectivity index (χ2v) is 5.90. The molecule has 0 bridgehead atoms. The quantitative estimate of drug-likeness (QED) is 0.579. The molecule has 23 heavy (non-hydrogen) atoms. The summed E-state index contributed by atoms with van der Waals surface area (Å²) in [5.41, 5.74) is 1.26. The summed E-state index contributed by atoms with van der Waals surface area (Å²) in [5.74, 6) is 1.79. The summed E-state index contributed by atoms with van der Waals surface area (Å²) in [6, 6.07) is 10.9. The van der Waals surface area contributed by atoms with Crippen LogP contribution in [0.15, 0.2) is 61.3 Å². The van der Waals surface area contributed by atoms with Crippen molar-refractivity contribution in [3.05, 3.63) is 61.3 Å². The SMILES string of the molecule is C[C@@H](Cn1ccc2ccccc21)n1ccnc1-c1nccn1C. The third kappa shape index (κ3) is 2.34. The summed E-state index contributed by atoms with van der Waals surface area (Å²) < 4.78 is 6.48. The highest BCUT2D eigenvalue weighted by Crippen LogP contribution is 2.22. The topological polar surface area (TPSA) is 40.6 Å². The van der Waals surface area contributed by atoms with Gasteiger partial charge in [0, 0.05) is 50.1 Å². The number of hydrogen-bond donors (Lipinski definition) is 0. The molecular weight excluding hydrogens is 286 g/mol. The summed E-state index contributed by atoms with van der Waals surface area (Å²) in [7, 11) is 1.99. The van der Waals surface area contributed by atoms with E-state index in [-0.39, 0.29) is 6.04 Å². The summed E-state index contributed by atoms with van der Waals surface area (Å²) in [5, 5.41) is 1.27. The molecule has 116 valence electrons. The van der Waals surface area contributed by atoms with Crippen molar-refractivity contribution in [2.75, 3.05) is 0 Å². The monoisotopic (exact) mass is 305 g/mol. The number of imidazole rings is 2. The third-order valence-corrected chi connectivity index (χ3v) is 4.31. The minimum Gasteiger partial charge on any atom is -0.345 e. The summed E-state index contributed by atoms with van der Waals surface area (Å²) in [6.45, 7) is 3.10. The van der Waals surface area contributed by atoms with Crippen LogP contribution < -0.4 is 0 Å². The van der Waals surface area contributed by atoms with Crippen LogP contribution in [0, 0.1) is 0 Å². The predicted molar refractivity (Wildman–Crippen MR) is 91.1 cm³/mol. The Hall–Kier alpha value is -2.82. The molecule has 3 heterocycles. The van der Waals surface area contributed by atoms with Gasteiger partial charge in [-0.05, 0) is 24.4 Å². The van der Waals surface area contributed by atoms with Crippen molar-refractivity contribution in [3.63, 3.8) is 0 Å². The average molecular weight is 305 g/mol. The highest BCUT2D eigenvalue weighted by Gasteiger charge is 2.15. The van der Waals surface area contributed by atoms with Gasteiger partial charge in [-0.2, -0.15) is 0 Å². The number of aromatic nitrogens is 5. The molecule has 0 spiro atoms. The Morgan fingerprint density at radius 3 is 2.57 bits per heavy atom. The highest BCUT2D eigenvalue weighted by molar-refractivity contribution is 5.79. The van der Waals surface area contributed by atoms with Gasteiger partial charge in [0.25, 0.3) is 0 Å². The fourth-order valence-corrected chi connectivity index (χ4v) is 3.10. The van der Waals surface area contributed by atoms with E-state index in [4.69, 9.17) is 0 Å². The Morgan fingerprint density at radius 2 is 1.74 bits per heavy atom. The second kappa shape index (κ2) is 5.43. The molecule has 4 aromatic rings. The van der Waals surface area contributed by atoms with E-state index >= 15 is 0 Å². The molecule has 0 N–H and O–H groups in total. The van der Waals surface area contributed by atoms with Gasteiger partial charge in [0.15, 0.2) is 11.6 Å². The lowest BCUT2D eigenvalue weighted by Crippen LogP contribution is -2.14.